The molecule has 46 heavy (non-hydrogen) atoms. The number of aliphatic imine (C=N–C) groups is 1. The average molecular weight is 640 g/mol. The highest BCUT2D eigenvalue weighted by atomic mass is 32.2. The lowest BCUT2D eigenvalue weighted by molar-refractivity contribution is -0.129. The molecule has 1 atom stereocenters. The van der Waals surface area contributed by atoms with Crippen LogP contribution in [0.5, 0.6) is 0 Å². The van der Waals surface area contributed by atoms with Gasteiger partial charge in [-0.25, -0.2) is 14.0 Å². The summed E-state index contributed by atoms with van der Waals surface area (Å²) < 4.78 is 29.1. The van der Waals surface area contributed by atoms with E-state index in [-0.39, 0.29) is 43.4 Å². The first-order chi connectivity index (χ1) is 22.2. The van der Waals surface area contributed by atoms with E-state index in [9.17, 15) is 23.1 Å². The topological polar surface area (TPSA) is 155 Å². The van der Waals surface area contributed by atoms with Gasteiger partial charge in [0.2, 0.25) is 5.91 Å². The number of ether oxygens (including phenoxy) is 1. The molecule has 5 rings (SSSR count). The van der Waals surface area contributed by atoms with E-state index in [0.717, 1.165) is 26.5 Å². The summed E-state index contributed by atoms with van der Waals surface area (Å²) in [7, 11) is 0. The molecule has 236 valence electrons. The Kier molecular flexibility index (Phi) is 10.2. The highest BCUT2D eigenvalue weighted by Gasteiger charge is 2.34. The van der Waals surface area contributed by atoms with Crippen molar-refractivity contribution >= 4 is 51.5 Å². The standard InChI is InChI=1S/C34H33N5O6S/c1-23-18-19-38(39(46(43)44)30-13-7-11-26-10-5-6-12-28(26)30)33(41)29(23)20-31(40)36-21-24-14-16-27(17-15-24)32(35)37-34(42)45-22-25-8-3-2-4-9-25/h2-17H,18-22H2,1H3,(H,36,40)(H,43,44)(H2,35,37,42). The number of rotatable bonds is 10. The van der Waals surface area contributed by atoms with Gasteiger partial charge >= 0.3 is 6.09 Å². The van der Waals surface area contributed by atoms with Crippen molar-refractivity contribution in [2.75, 3.05) is 11.0 Å². The minimum atomic E-state index is -2.54. The molecule has 1 aliphatic heterocycles. The number of nitrogens with one attached hydrogen (secondary N) is 1. The van der Waals surface area contributed by atoms with Crippen LogP contribution in [0.4, 0.5) is 10.5 Å². The lowest BCUT2D eigenvalue weighted by Crippen LogP contribution is -2.51. The largest absolute Gasteiger partial charge is 0.443 e. The second kappa shape index (κ2) is 14.6. The molecule has 1 aliphatic rings. The van der Waals surface area contributed by atoms with Gasteiger partial charge in [-0.05, 0) is 35.9 Å². The molecule has 0 saturated carbocycles. The van der Waals surface area contributed by atoms with Gasteiger partial charge in [0.05, 0.1) is 12.1 Å². The molecule has 12 heteroatoms. The number of nitrogens with two attached hydrogens (primary N) is 1. The molecule has 0 aromatic heterocycles. The van der Waals surface area contributed by atoms with Crippen LogP contribution in [0.1, 0.15) is 36.5 Å². The van der Waals surface area contributed by atoms with E-state index in [1.165, 1.54) is 5.01 Å². The molecule has 4 aromatic carbocycles. The van der Waals surface area contributed by atoms with Crippen LogP contribution >= 0.6 is 0 Å². The zero-order valence-corrected chi connectivity index (χ0v) is 25.9. The Balaban J connectivity index is 1.19. The number of benzene rings is 4. The fourth-order valence-electron chi connectivity index (χ4n) is 5.07. The highest BCUT2D eigenvalue weighted by Crippen LogP contribution is 2.32. The average Bonchev–Trinajstić information content (AvgIpc) is 3.06. The number of anilines is 1. The number of hydrogen-bond donors (Lipinski definition) is 3. The van der Waals surface area contributed by atoms with Gasteiger partial charge in [0.15, 0.2) is 0 Å². The van der Waals surface area contributed by atoms with Crippen molar-refractivity contribution in [2.24, 2.45) is 10.7 Å². The van der Waals surface area contributed by atoms with Gasteiger partial charge in [-0.3, -0.25) is 14.1 Å². The van der Waals surface area contributed by atoms with Gasteiger partial charge < -0.3 is 15.8 Å². The van der Waals surface area contributed by atoms with Crippen molar-refractivity contribution in [3.63, 3.8) is 0 Å². The van der Waals surface area contributed by atoms with Crippen molar-refractivity contribution in [3.05, 3.63) is 125 Å². The van der Waals surface area contributed by atoms with Crippen LogP contribution in [0, 0.1) is 0 Å². The molecule has 0 aliphatic carbocycles. The van der Waals surface area contributed by atoms with E-state index >= 15 is 0 Å². The number of fused-ring (bicyclic) bond motifs is 1. The molecule has 1 unspecified atom stereocenters. The second-order valence-electron chi connectivity index (χ2n) is 10.6. The van der Waals surface area contributed by atoms with Crippen molar-refractivity contribution in [3.8, 4) is 0 Å². The van der Waals surface area contributed by atoms with Crippen molar-refractivity contribution in [1.82, 2.24) is 10.3 Å². The van der Waals surface area contributed by atoms with Crippen molar-refractivity contribution < 1.29 is 27.9 Å². The maximum absolute atomic E-state index is 13.6. The maximum Gasteiger partial charge on any atom is 0.435 e. The van der Waals surface area contributed by atoms with E-state index in [1.807, 2.05) is 60.7 Å². The summed E-state index contributed by atoms with van der Waals surface area (Å²) in [6, 6.07) is 28.8. The SMILES string of the molecule is CC1=C(CC(=O)NCc2ccc(C(N)=NC(=O)OCc3ccccc3)cc2)C(=O)N(N(c2cccc3ccccc23)S(=O)O)CC1. The van der Waals surface area contributed by atoms with Gasteiger partial charge in [-0.2, -0.15) is 9.41 Å². The molecule has 0 bridgehead atoms. The zero-order chi connectivity index (χ0) is 32.6. The Morgan fingerprint density at radius 2 is 1.67 bits per heavy atom. The minimum absolute atomic E-state index is 0.00206. The van der Waals surface area contributed by atoms with Crippen LogP contribution in [0.3, 0.4) is 0 Å². The van der Waals surface area contributed by atoms with Crippen LogP contribution in [0.25, 0.3) is 10.8 Å². The third-order valence-corrected chi connectivity index (χ3v) is 8.23. The first-order valence-corrected chi connectivity index (χ1v) is 15.6. The van der Waals surface area contributed by atoms with Crippen LogP contribution in [0.2, 0.25) is 0 Å². The summed E-state index contributed by atoms with van der Waals surface area (Å²) in [5.41, 5.74) is 9.52. The molecule has 1 heterocycles. The van der Waals surface area contributed by atoms with Crippen LogP contribution in [0.15, 0.2) is 113 Å². The predicted molar refractivity (Wildman–Crippen MR) is 176 cm³/mol. The zero-order valence-electron chi connectivity index (χ0n) is 25.1. The molecule has 11 nitrogen and oxygen atoms in total. The predicted octanol–water partition coefficient (Wildman–Crippen LogP) is 5.00. The van der Waals surface area contributed by atoms with Gasteiger partial charge in [-0.1, -0.05) is 96.6 Å². The van der Waals surface area contributed by atoms with E-state index < -0.39 is 23.3 Å². The number of hydrazine groups is 1. The molecular weight excluding hydrogens is 606 g/mol. The number of hydrogen-bond acceptors (Lipinski definition) is 5. The molecule has 0 spiro atoms. The Labute approximate surface area is 268 Å². The Morgan fingerprint density at radius 3 is 2.41 bits per heavy atom. The quantitative estimate of drug-likeness (QED) is 0.125. The van der Waals surface area contributed by atoms with Gasteiger partial charge in [0, 0.05) is 29.6 Å². The minimum Gasteiger partial charge on any atom is -0.443 e. The Bertz CT molecular complexity index is 1840. The lowest BCUT2D eigenvalue weighted by atomic mass is 9.98. The van der Waals surface area contributed by atoms with E-state index in [4.69, 9.17) is 10.5 Å². The third kappa shape index (κ3) is 7.65. The summed E-state index contributed by atoms with van der Waals surface area (Å²) in [6.07, 6.45) is -0.550. The fourth-order valence-corrected chi connectivity index (χ4v) is 5.72. The Morgan fingerprint density at radius 1 is 0.978 bits per heavy atom. The molecule has 0 fully saturated rings. The fraction of sp³-hybridized carbons (Fsp3) is 0.176. The first kappa shape index (κ1) is 32.1. The van der Waals surface area contributed by atoms with Crippen LogP contribution in [-0.2, 0) is 38.7 Å². The molecule has 0 saturated heterocycles. The summed E-state index contributed by atoms with van der Waals surface area (Å²) in [4.78, 5) is 42.5. The monoisotopic (exact) mass is 639 g/mol. The van der Waals surface area contributed by atoms with E-state index in [1.54, 1.807) is 43.3 Å². The molecule has 3 amide bonds. The van der Waals surface area contributed by atoms with Gasteiger partial charge in [0.1, 0.15) is 12.4 Å². The smallest absolute Gasteiger partial charge is 0.435 e. The number of nitrogens with zero attached hydrogens (tertiary/aromatic N) is 3. The number of amidine groups is 1. The molecule has 4 N–H and O–H groups in total. The summed E-state index contributed by atoms with van der Waals surface area (Å²) >= 11 is -2.54. The Hall–Kier alpha value is -5.33. The number of carbonyl (C=O) groups excluding carboxylic acids is 3. The highest BCUT2D eigenvalue weighted by molar-refractivity contribution is 7.80. The third-order valence-electron chi connectivity index (χ3n) is 7.54. The van der Waals surface area contributed by atoms with Crippen molar-refractivity contribution in [2.45, 2.75) is 32.9 Å². The van der Waals surface area contributed by atoms with Gasteiger partial charge in [0.25, 0.3) is 17.2 Å². The summed E-state index contributed by atoms with van der Waals surface area (Å²) in [5.74, 6) is -0.883. The summed E-state index contributed by atoms with van der Waals surface area (Å²) in [5, 5.41) is 5.63. The van der Waals surface area contributed by atoms with E-state index in [0.29, 0.717) is 23.1 Å². The molecular formula is C34H33N5O6S. The van der Waals surface area contributed by atoms with Crippen LogP contribution < -0.4 is 15.5 Å². The molecule has 0 radical (unpaired) electrons. The van der Waals surface area contributed by atoms with E-state index in [2.05, 4.69) is 10.3 Å². The summed E-state index contributed by atoms with van der Waals surface area (Å²) in [6.45, 7) is 2.24. The first-order valence-electron chi connectivity index (χ1n) is 14.5. The lowest BCUT2D eigenvalue weighted by Gasteiger charge is -2.37. The normalized spacial score (nSPS) is 14.3. The maximum atomic E-state index is 13.6. The van der Waals surface area contributed by atoms with Crippen molar-refractivity contribution in [1.29, 1.82) is 0 Å². The molecule has 4 aromatic rings. The number of amides is 3. The van der Waals surface area contributed by atoms with Crippen LogP contribution in [-0.4, -0.2) is 44.1 Å². The number of carbonyl (C=O) groups is 3. The second-order valence-corrected chi connectivity index (χ2v) is 11.4. The van der Waals surface area contributed by atoms with Gasteiger partial charge in [-0.15, -0.1) is 0 Å².